The molecule has 0 spiro atoms. The summed E-state index contributed by atoms with van der Waals surface area (Å²) in [4.78, 5) is 19.4. The van der Waals surface area contributed by atoms with Gasteiger partial charge in [-0.1, -0.05) is 0 Å². The first kappa shape index (κ1) is 12.0. The van der Waals surface area contributed by atoms with Crippen molar-refractivity contribution in [3.63, 3.8) is 0 Å². The van der Waals surface area contributed by atoms with E-state index in [1.807, 2.05) is 24.3 Å². The van der Waals surface area contributed by atoms with Gasteiger partial charge in [0.2, 0.25) is 0 Å². The van der Waals surface area contributed by atoms with Crippen LogP contribution >= 0.6 is 0 Å². The van der Waals surface area contributed by atoms with E-state index < -0.39 is 0 Å². The SMILES string of the molecule is O=C(CNc1ccncc1)CNc1ccncc1. The summed E-state index contributed by atoms with van der Waals surface area (Å²) in [5.74, 6) is 0.0867. The van der Waals surface area contributed by atoms with E-state index >= 15 is 0 Å². The van der Waals surface area contributed by atoms with Crippen LogP contribution in [0, 0.1) is 0 Å². The Morgan fingerprint density at radius 1 is 0.833 bits per heavy atom. The Kier molecular flexibility index (Phi) is 4.24. The minimum absolute atomic E-state index is 0.0867. The molecular formula is C13H14N4O. The highest BCUT2D eigenvalue weighted by Gasteiger charge is 2.01. The summed E-state index contributed by atoms with van der Waals surface area (Å²) >= 11 is 0. The Morgan fingerprint density at radius 3 is 1.61 bits per heavy atom. The van der Waals surface area contributed by atoms with Gasteiger partial charge in [0.15, 0.2) is 5.78 Å². The predicted molar refractivity (Wildman–Crippen MR) is 70.5 cm³/mol. The van der Waals surface area contributed by atoms with Gasteiger partial charge in [-0.3, -0.25) is 14.8 Å². The van der Waals surface area contributed by atoms with Crippen molar-refractivity contribution in [3.05, 3.63) is 49.1 Å². The first-order valence-corrected chi connectivity index (χ1v) is 5.64. The lowest BCUT2D eigenvalue weighted by molar-refractivity contribution is -0.115. The number of pyridine rings is 2. The van der Waals surface area contributed by atoms with Gasteiger partial charge in [-0.25, -0.2) is 0 Å². The summed E-state index contributed by atoms with van der Waals surface area (Å²) in [6.45, 7) is 0.587. The molecule has 18 heavy (non-hydrogen) atoms. The minimum Gasteiger partial charge on any atom is -0.378 e. The van der Waals surface area contributed by atoms with Gasteiger partial charge in [-0.15, -0.1) is 0 Å². The topological polar surface area (TPSA) is 66.9 Å². The number of anilines is 2. The van der Waals surface area contributed by atoms with Crippen LogP contribution < -0.4 is 10.6 Å². The highest BCUT2D eigenvalue weighted by atomic mass is 16.1. The number of rotatable bonds is 6. The lowest BCUT2D eigenvalue weighted by Crippen LogP contribution is -2.22. The molecule has 5 heteroatoms. The number of Topliss-reactive ketones (excluding diaryl/α,β-unsaturated/α-hetero) is 1. The molecule has 0 fully saturated rings. The smallest absolute Gasteiger partial charge is 0.170 e. The molecule has 2 rings (SSSR count). The van der Waals surface area contributed by atoms with Crippen molar-refractivity contribution >= 4 is 17.2 Å². The van der Waals surface area contributed by atoms with Crippen LogP contribution in [0.4, 0.5) is 11.4 Å². The first-order valence-electron chi connectivity index (χ1n) is 5.64. The Bertz CT molecular complexity index is 441. The molecule has 0 radical (unpaired) electrons. The van der Waals surface area contributed by atoms with Crippen LogP contribution in [-0.4, -0.2) is 28.8 Å². The number of ketones is 1. The van der Waals surface area contributed by atoms with Crippen molar-refractivity contribution in [1.82, 2.24) is 9.97 Å². The first-order chi connectivity index (χ1) is 8.84. The third kappa shape index (κ3) is 3.86. The second-order valence-corrected chi connectivity index (χ2v) is 3.72. The van der Waals surface area contributed by atoms with Crippen LogP contribution in [0.5, 0.6) is 0 Å². The maximum Gasteiger partial charge on any atom is 0.170 e. The third-order valence-electron chi connectivity index (χ3n) is 2.34. The van der Waals surface area contributed by atoms with E-state index in [1.54, 1.807) is 24.8 Å². The Morgan fingerprint density at radius 2 is 1.22 bits per heavy atom. The lowest BCUT2D eigenvalue weighted by atomic mass is 10.3. The maximum absolute atomic E-state index is 11.6. The number of carbonyl (C=O) groups excluding carboxylic acids is 1. The number of hydrogen-bond acceptors (Lipinski definition) is 5. The Hall–Kier alpha value is -2.43. The number of nitrogens with zero attached hydrogens (tertiary/aromatic N) is 2. The zero-order valence-corrected chi connectivity index (χ0v) is 9.84. The van der Waals surface area contributed by atoms with Gasteiger partial charge in [0.25, 0.3) is 0 Å². The number of nitrogens with one attached hydrogen (secondary N) is 2. The summed E-state index contributed by atoms with van der Waals surface area (Å²) in [5.41, 5.74) is 1.78. The molecule has 0 aliphatic heterocycles. The predicted octanol–water partition coefficient (Wildman–Crippen LogP) is 1.57. The fourth-order valence-electron chi connectivity index (χ4n) is 1.40. The molecule has 0 aliphatic carbocycles. The quantitative estimate of drug-likeness (QED) is 0.804. The highest BCUT2D eigenvalue weighted by molar-refractivity contribution is 5.86. The Balaban J connectivity index is 1.73. The van der Waals surface area contributed by atoms with E-state index in [2.05, 4.69) is 20.6 Å². The molecule has 0 unspecified atom stereocenters. The van der Waals surface area contributed by atoms with Crippen LogP contribution in [0.1, 0.15) is 0 Å². The number of aromatic nitrogens is 2. The van der Waals surface area contributed by atoms with Gasteiger partial charge in [0, 0.05) is 36.2 Å². The van der Waals surface area contributed by atoms with E-state index in [0.29, 0.717) is 13.1 Å². The molecule has 0 saturated carbocycles. The normalized spacial score (nSPS) is 9.78. The van der Waals surface area contributed by atoms with Gasteiger partial charge >= 0.3 is 0 Å². The Labute approximate surface area is 105 Å². The fourth-order valence-corrected chi connectivity index (χ4v) is 1.40. The van der Waals surface area contributed by atoms with Gasteiger partial charge in [-0.05, 0) is 24.3 Å². The summed E-state index contributed by atoms with van der Waals surface area (Å²) in [5, 5.41) is 6.08. The third-order valence-corrected chi connectivity index (χ3v) is 2.34. The second-order valence-electron chi connectivity index (χ2n) is 3.72. The monoisotopic (exact) mass is 242 g/mol. The van der Waals surface area contributed by atoms with Crippen LogP contribution in [0.2, 0.25) is 0 Å². The van der Waals surface area contributed by atoms with Gasteiger partial charge in [0.1, 0.15) is 0 Å². The summed E-state index contributed by atoms with van der Waals surface area (Å²) in [6.07, 6.45) is 6.73. The van der Waals surface area contributed by atoms with Crippen LogP contribution in [-0.2, 0) is 4.79 Å². The molecule has 0 amide bonds. The van der Waals surface area contributed by atoms with Crippen molar-refractivity contribution in [2.75, 3.05) is 23.7 Å². The number of carbonyl (C=O) groups is 1. The van der Waals surface area contributed by atoms with Gasteiger partial charge in [-0.2, -0.15) is 0 Å². The van der Waals surface area contributed by atoms with E-state index in [1.165, 1.54) is 0 Å². The van der Waals surface area contributed by atoms with Crippen molar-refractivity contribution in [3.8, 4) is 0 Å². The van der Waals surface area contributed by atoms with Crippen LogP contribution in [0.25, 0.3) is 0 Å². The van der Waals surface area contributed by atoms with Crippen LogP contribution in [0.15, 0.2) is 49.1 Å². The molecule has 2 heterocycles. The summed E-state index contributed by atoms with van der Waals surface area (Å²) < 4.78 is 0. The maximum atomic E-state index is 11.6. The molecule has 0 bridgehead atoms. The molecule has 0 aromatic carbocycles. The zero-order chi connectivity index (χ0) is 12.6. The molecule has 2 aromatic rings. The average molecular weight is 242 g/mol. The standard InChI is InChI=1S/C13H14N4O/c18-13(9-16-11-1-5-14-6-2-11)10-17-12-3-7-15-8-4-12/h1-8H,9-10H2,(H,14,16)(H,15,17). The average Bonchev–Trinajstić information content (AvgIpc) is 2.45. The molecule has 0 atom stereocenters. The van der Waals surface area contributed by atoms with Crippen molar-refractivity contribution < 1.29 is 4.79 Å². The molecule has 2 N–H and O–H groups in total. The van der Waals surface area contributed by atoms with Gasteiger partial charge < -0.3 is 10.6 Å². The molecule has 0 saturated heterocycles. The second kappa shape index (κ2) is 6.34. The largest absolute Gasteiger partial charge is 0.378 e. The summed E-state index contributed by atoms with van der Waals surface area (Å²) in [6, 6.07) is 7.29. The summed E-state index contributed by atoms with van der Waals surface area (Å²) in [7, 11) is 0. The minimum atomic E-state index is 0.0867. The van der Waals surface area contributed by atoms with Crippen molar-refractivity contribution in [2.45, 2.75) is 0 Å². The van der Waals surface area contributed by atoms with Crippen molar-refractivity contribution in [1.29, 1.82) is 0 Å². The van der Waals surface area contributed by atoms with E-state index in [9.17, 15) is 4.79 Å². The van der Waals surface area contributed by atoms with E-state index in [0.717, 1.165) is 11.4 Å². The fraction of sp³-hybridized carbons (Fsp3) is 0.154. The van der Waals surface area contributed by atoms with E-state index in [4.69, 9.17) is 0 Å². The van der Waals surface area contributed by atoms with E-state index in [-0.39, 0.29) is 5.78 Å². The molecule has 5 nitrogen and oxygen atoms in total. The zero-order valence-electron chi connectivity index (χ0n) is 9.84. The van der Waals surface area contributed by atoms with Gasteiger partial charge in [0.05, 0.1) is 13.1 Å². The molecule has 92 valence electrons. The molecule has 0 aliphatic rings. The molecule has 2 aromatic heterocycles. The molecular weight excluding hydrogens is 228 g/mol. The highest BCUT2D eigenvalue weighted by Crippen LogP contribution is 2.03. The van der Waals surface area contributed by atoms with Crippen molar-refractivity contribution in [2.24, 2.45) is 0 Å². The lowest BCUT2D eigenvalue weighted by Gasteiger charge is -2.07. The number of hydrogen-bond donors (Lipinski definition) is 2. The van der Waals surface area contributed by atoms with Crippen LogP contribution in [0.3, 0.4) is 0 Å².